The van der Waals surface area contributed by atoms with Crippen molar-refractivity contribution in [2.75, 3.05) is 19.3 Å². The minimum Gasteiger partial charge on any atom is -0.338 e. The highest BCUT2D eigenvalue weighted by Crippen LogP contribution is 2.18. The van der Waals surface area contributed by atoms with E-state index in [0.29, 0.717) is 18.0 Å². The van der Waals surface area contributed by atoms with Crippen molar-refractivity contribution in [3.05, 3.63) is 40.9 Å². The zero-order chi connectivity index (χ0) is 14.8. The molecule has 1 heterocycles. The highest BCUT2D eigenvalue weighted by Gasteiger charge is 2.31. The maximum Gasteiger partial charge on any atom is 0.246 e. The maximum absolute atomic E-state index is 12.0. The first-order valence-corrected chi connectivity index (χ1v) is 8.61. The SMILES string of the molecule is CS(=O)(=O)C1CCN(C(=O)/C=C/c2ccccc2Cl)C1. The molecule has 108 valence electrons. The molecule has 0 saturated carbocycles. The summed E-state index contributed by atoms with van der Waals surface area (Å²) in [6, 6.07) is 7.22. The third kappa shape index (κ3) is 3.61. The van der Waals surface area contributed by atoms with Crippen LogP contribution in [0.25, 0.3) is 6.08 Å². The Morgan fingerprint density at radius 1 is 1.40 bits per heavy atom. The molecular weight excluding hydrogens is 298 g/mol. The number of nitrogens with zero attached hydrogens (tertiary/aromatic N) is 1. The summed E-state index contributed by atoms with van der Waals surface area (Å²) < 4.78 is 22.9. The van der Waals surface area contributed by atoms with Gasteiger partial charge in [-0.25, -0.2) is 8.42 Å². The number of carbonyl (C=O) groups excluding carboxylic acids is 1. The van der Waals surface area contributed by atoms with E-state index in [4.69, 9.17) is 11.6 Å². The molecule has 1 aliphatic rings. The monoisotopic (exact) mass is 313 g/mol. The number of benzene rings is 1. The van der Waals surface area contributed by atoms with Crippen LogP contribution in [0, 0.1) is 0 Å². The number of halogens is 1. The van der Waals surface area contributed by atoms with Crippen molar-refractivity contribution in [3.63, 3.8) is 0 Å². The van der Waals surface area contributed by atoms with Crippen LogP contribution in [0.2, 0.25) is 5.02 Å². The lowest BCUT2D eigenvalue weighted by molar-refractivity contribution is -0.124. The van der Waals surface area contributed by atoms with E-state index < -0.39 is 15.1 Å². The number of hydrogen-bond donors (Lipinski definition) is 0. The normalized spacial score (nSPS) is 19.7. The lowest BCUT2D eigenvalue weighted by atomic mass is 10.2. The number of carbonyl (C=O) groups is 1. The van der Waals surface area contributed by atoms with Gasteiger partial charge in [-0.2, -0.15) is 0 Å². The standard InChI is InChI=1S/C14H16ClNO3S/c1-20(18,19)12-8-9-16(10-12)14(17)7-6-11-4-2-3-5-13(11)15/h2-7,12H,8-10H2,1H3/b7-6+. The van der Waals surface area contributed by atoms with Crippen molar-refractivity contribution in [1.82, 2.24) is 4.90 Å². The van der Waals surface area contributed by atoms with Crippen molar-refractivity contribution in [3.8, 4) is 0 Å². The molecule has 1 aromatic carbocycles. The topological polar surface area (TPSA) is 54.5 Å². The van der Waals surface area contributed by atoms with E-state index in [2.05, 4.69) is 0 Å². The van der Waals surface area contributed by atoms with Gasteiger partial charge in [-0.3, -0.25) is 4.79 Å². The van der Waals surface area contributed by atoms with E-state index in [1.807, 2.05) is 18.2 Å². The highest BCUT2D eigenvalue weighted by molar-refractivity contribution is 7.91. The summed E-state index contributed by atoms with van der Waals surface area (Å²) in [7, 11) is -3.08. The molecule has 1 amide bonds. The van der Waals surface area contributed by atoms with Crippen LogP contribution in [0.1, 0.15) is 12.0 Å². The second kappa shape index (κ2) is 5.97. The summed E-state index contributed by atoms with van der Waals surface area (Å²) in [6.07, 6.45) is 4.81. The quantitative estimate of drug-likeness (QED) is 0.802. The molecule has 6 heteroatoms. The van der Waals surface area contributed by atoms with E-state index >= 15 is 0 Å². The van der Waals surface area contributed by atoms with Crippen LogP contribution in [-0.2, 0) is 14.6 Å². The fourth-order valence-electron chi connectivity index (χ4n) is 2.15. The molecule has 1 atom stereocenters. The van der Waals surface area contributed by atoms with Gasteiger partial charge in [0.25, 0.3) is 0 Å². The van der Waals surface area contributed by atoms with Crippen molar-refractivity contribution < 1.29 is 13.2 Å². The van der Waals surface area contributed by atoms with Crippen LogP contribution in [0.15, 0.2) is 30.3 Å². The van der Waals surface area contributed by atoms with E-state index in [-0.39, 0.29) is 12.5 Å². The molecular formula is C14H16ClNO3S. The Morgan fingerprint density at radius 3 is 2.70 bits per heavy atom. The molecule has 0 aromatic heterocycles. The Balaban J connectivity index is 2.02. The fraction of sp³-hybridized carbons (Fsp3) is 0.357. The van der Waals surface area contributed by atoms with Gasteiger partial charge in [0, 0.05) is 30.4 Å². The summed E-state index contributed by atoms with van der Waals surface area (Å²) in [5.74, 6) is -0.184. The number of likely N-dealkylation sites (tertiary alicyclic amines) is 1. The van der Waals surface area contributed by atoms with E-state index in [1.165, 1.54) is 12.3 Å². The zero-order valence-electron chi connectivity index (χ0n) is 11.1. The van der Waals surface area contributed by atoms with Crippen molar-refractivity contribution in [1.29, 1.82) is 0 Å². The Bertz CT molecular complexity index is 640. The van der Waals surface area contributed by atoms with E-state index in [1.54, 1.807) is 17.0 Å². The molecule has 0 N–H and O–H groups in total. The smallest absolute Gasteiger partial charge is 0.246 e. The Kier molecular flexibility index (Phi) is 4.50. The van der Waals surface area contributed by atoms with Crippen molar-refractivity contribution in [2.24, 2.45) is 0 Å². The lowest BCUT2D eigenvalue weighted by Gasteiger charge is -2.13. The first-order valence-electron chi connectivity index (χ1n) is 6.28. The molecule has 0 bridgehead atoms. The first kappa shape index (κ1) is 15.1. The molecule has 0 aliphatic carbocycles. The van der Waals surface area contributed by atoms with Gasteiger partial charge in [-0.1, -0.05) is 29.8 Å². The minimum absolute atomic E-state index is 0.184. The molecule has 0 spiro atoms. The average molecular weight is 314 g/mol. The summed E-state index contributed by atoms with van der Waals surface area (Å²) in [5, 5.41) is 0.132. The van der Waals surface area contributed by atoms with Crippen molar-refractivity contribution in [2.45, 2.75) is 11.7 Å². The number of hydrogen-bond acceptors (Lipinski definition) is 3. The van der Waals surface area contributed by atoms with Gasteiger partial charge in [-0.05, 0) is 24.1 Å². The van der Waals surface area contributed by atoms with Gasteiger partial charge >= 0.3 is 0 Å². The molecule has 4 nitrogen and oxygen atoms in total. The van der Waals surface area contributed by atoms with Crippen LogP contribution >= 0.6 is 11.6 Å². The van der Waals surface area contributed by atoms with Crippen LogP contribution < -0.4 is 0 Å². The van der Waals surface area contributed by atoms with Crippen LogP contribution in [0.4, 0.5) is 0 Å². The van der Waals surface area contributed by atoms with Gasteiger partial charge < -0.3 is 4.90 Å². The third-order valence-electron chi connectivity index (χ3n) is 3.37. The number of amides is 1. The van der Waals surface area contributed by atoms with Gasteiger partial charge in [-0.15, -0.1) is 0 Å². The Hall–Kier alpha value is -1.33. The van der Waals surface area contributed by atoms with Crippen molar-refractivity contribution >= 4 is 33.4 Å². The van der Waals surface area contributed by atoms with Gasteiger partial charge in [0.1, 0.15) is 0 Å². The Morgan fingerprint density at radius 2 is 2.10 bits per heavy atom. The number of rotatable bonds is 3. The molecule has 1 fully saturated rings. The molecule has 1 unspecified atom stereocenters. The molecule has 1 saturated heterocycles. The third-order valence-corrected chi connectivity index (χ3v) is 5.31. The van der Waals surface area contributed by atoms with Crippen LogP contribution in [0.5, 0.6) is 0 Å². The molecule has 20 heavy (non-hydrogen) atoms. The van der Waals surface area contributed by atoms with Gasteiger partial charge in [0.2, 0.25) is 5.91 Å². The Labute approximate surface area is 124 Å². The van der Waals surface area contributed by atoms with E-state index in [0.717, 1.165) is 5.56 Å². The number of sulfone groups is 1. The second-order valence-corrected chi connectivity index (χ2v) is 7.61. The lowest BCUT2D eigenvalue weighted by Crippen LogP contribution is -2.30. The molecule has 2 rings (SSSR count). The van der Waals surface area contributed by atoms with Gasteiger partial charge in [0.15, 0.2) is 9.84 Å². The first-order chi connectivity index (χ1) is 9.38. The maximum atomic E-state index is 12.0. The molecule has 0 radical (unpaired) electrons. The molecule has 1 aliphatic heterocycles. The predicted octanol–water partition coefficient (Wildman–Crippen LogP) is 2.00. The molecule has 1 aromatic rings. The zero-order valence-corrected chi connectivity index (χ0v) is 12.7. The summed E-state index contributed by atoms with van der Waals surface area (Å²) in [5.41, 5.74) is 0.765. The second-order valence-electron chi connectivity index (χ2n) is 4.88. The van der Waals surface area contributed by atoms with Crippen LogP contribution in [-0.4, -0.2) is 43.8 Å². The fourth-order valence-corrected chi connectivity index (χ4v) is 3.34. The summed E-state index contributed by atoms with van der Waals surface area (Å²) in [6.45, 7) is 0.744. The largest absolute Gasteiger partial charge is 0.338 e. The van der Waals surface area contributed by atoms with Crippen LogP contribution in [0.3, 0.4) is 0 Å². The van der Waals surface area contributed by atoms with Gasteiger partial charge in [0.05, 0.1) is 5.25 Å². The highest BCUT2D eigenvalue weighted by atomic mass is 35.5. The minimum atomic E-state index is -3.08. The predicted molar refractivity (Wildman–Crippen MR) is 80.3 cm³/mol. The average Bonchev–Trinajstić information content (AvgIpc) is 2.87. The van der Waals surface area contributed by atoms with E-state index in [9.17, 15) is 13.2 Å². The summed E-state index contributed by atoms with van der Waals surface area (Å²) >= 11 is 5.99. The summed E-state index contributed by atoms with van der Waals surface area (Å²) in [4.78, 5) is 13.6.